The first-order chi connectivity index (χ1) is 9.33. The molecule has 2 aromatic rings. The average molecular weight is 255 g/mol. The first-order valence-electron chi connectivity index (χ1n) is 6.15. The molecule has 2 heterocycles. The fourth-order valence-electron chi connectivity index (χ4n) is 1.95. The van der Waals surface area contributed by atoms with Gasteiger partial charge in [0.05, 0.1) is 30.6 Å². The van der Waals surface area contributed by atoms with Crippen LogP contribution in [0.1, 0.15) is 10.4 Å². The van der Waals surface area contributed by atoms with Gasteiger partial charge in [-0.15, -0.1) is 0 Å². The van der Waals surface area contributed by atoms with Crippen LogP contribution < -0.4 is 0 Å². The van der Waals surface area contributed by atoms with Gasteiger partial charge in [-0.2, -0.15) is 0 Å². The predicted octanol–water partition coefficient (Wildman–Crippen LogP) is 1.04. The Morgan fingerprint density at radius 2 is 2.21 bits per heavy atom. The van der Waals surface area contributed by atoms with E-state index in [-0.39, 0.29) is 5.78 Å². The third-order valence-electron chi connectivity index (χ3n) is 3.02. The van der Waals surface area contributed by atoms with Gasteiger partial charge in [-0.3, -0.25) is 4.79 Å². The molecule has 0 bridgehead atoms. The lowest BCUT2D eigenvalue weighted by atomic mass is 10.1. The number of imidazole rings is 1. The third kappa shape index (κ3) is 2.59. The van der Waals surface area contributed by atoms with Crippen molar-refractivity contribution < 1.29 is 9.53 Å². The van der Waals surface area contributed by atoms with E-state index in [9.17, 15) is 4.79 Å². The summed E-state index contributed by atoms with van der Waals surface area (Å²) in [6.45, 7) is 2.84. The normalized spacial score (nSPS) is 15.1. The lowest BCUT2D eigenvalue weighted by Gasteiger charge is -2.22. The first-order valence-corrected chi connectivity index (χ1v) is 6.15. The van der Waals surface area contributed by atoms with Crippen LogP contribution in [0, 0.1) is 12.0 Å². The zero-order valence-corrected chi connectivity index (χ0v) is 10.3. The van der Waals surface area contributed by atoms with Gasteiger partial charge in [-0.25, -0.2) is 4.98 Å². The Morgan fingerprint density at radius 3 is 3.05 bits per heavy atom. The number of nitrogens with one attached hydrogen (secondary N) is 1. The summed E-state index contributed by atoms with van der Waals surface area (Å²) in [5, 5.41) is 0. The van der Waals surface area contributed by atoms with E-state index in [2.05, 4.69) is 21.9 Å². The number of hydrogen-bond donors (Lipinski definition) is 1. The van der Waals surface area contributed by atoms with Crippen molar-refractivity contribution in [3.63, 3.8) is 0 Å². The second-order valence-electron chi connectivity index (χ2n) is 4.30. The van der Waals surface area contributed by atoms with E-state index < -0.39 is 0 Å². The minimum Gasteiger partial charge on any atom is -0.378 e. The Bertz CT molecular complexity index is 660. The van der Waals surface area contributed by atoms with Crippen LogP contribution in [-0.2, 0) is 4.74 Å². The van der Waals surface area contributed by atoms with Gasteiger partial charge in [0.2, 0.25) is 5.78 Å². The highest BCUT2D eigenvalue weighted by Gasteiger charge is 2.08. The summed E-state index contributed by atoms with van der Waals surface area (Å²) in [7, 11) is 0. The standard InChI is InChI=1S/C14H13N3O2/c18-14(3-4-17-5-7-19-8-6-17)11-1-2-12-13(9-11)16-10-15-12/h1-2,9-10H,5-8H2,(H,15,16). The molecule has 5 heteroatoms. The number of ketones is 1. The summed E-state index contributed by atoms with van der Waals surface area (Å²) in [6.07, 6.45) is 1.61. The van der Waals surface area contributed by atoms with Gasteiger partial charge in [0.15, 0.2) is 0 Å². The SMILES string of the molecule is O=C(C#CN1CCOCC1)c1ccc2nc[nH]c2c1. The molecule has 3 rings (SSSR count). The van der Waals surface area contributed by atoms with Crippen molar-refractivity contribution in [2.24, 2.45) is 0 Å². The summed E-state index contributed by atoms with van der Waals surface area (Å²) in [6, 6.07) is 8.23. The van der Waals surface area contributed by atoms with Gasteiger partial charge < -0.3 is 14.6 Å². The number of aromatic amines is 1. The number of fused-ring (bicyclic) bond motifs is 1. The second-order valence-corrected chi connectivity index (χ2v) is 4.30. The van der Waals surface area contributed by atoms with Gasteiger partial charge in [0, 0.05) is 24.7 Å². The summed E-state index contributed by atoms with van der Waals surface area (Å²) >= 11 is 0. The largest absolute Gasteiger partial charge is 0.378 e. The van der Waals surface area contributed by atoms with Crippen LogP contribution in [0.5, 0.6) is 0 Å². The number of morpholine rings is 1. The Morgan fingerprint density at radius 1 is 1.37 bits per heavy atom. The fourth-order valence-corrected chi connectivity index (χ4v) is 1.95. The van der Waals surface area contributed by atoms with E-state index >= 15 is 0 Å². The van der Waals surface area contributed by atoms with Crippen LogP contribution in [-0.4, -0.2) is 47.0 Å². The van der Waals surface area contributed by atoms with Crippen molar-refractivity contribution in [3.8, 4) is 12.0 Å². The van der Waals surface area contributed by atoms with Crippen molar-refractivity contribution >= 4 is 16.8 Å². The molecule has 0 unspecified atom stereocenters. The van der Waals surface area contributed by atoms with Crippen molar-refractivity contribution in [1.82, 2.24) is 14.9 Å². The summed E-state index contributed by atoms with van der Waals surface area (Å²) in [5.41, 5.74) is 2.27. The van der Waals surface area contributed by atoms with E-state index in [0.717, 1.165) is 24.1 Å². The van der Waals surface area contributed by atoms with Crippen LogP contribution in [0.4, 0.5) is 0 Å². The molecule has 96 valence electrons. The van der Waals surface area contributed by atoms with E-state index in [1.54, 1.807) is 18.5 Å². The summed E-state index contributed by atoms with van der Waals surface area (Å²) < 4.78 is 5.23. The zero-order valence-electron chi connectivity index (χ0n) is 10.3. The van der Waals surface area contributed by atoms with Gasteiger partial charge in [-0.1, -0.05) is 0 Å². The molecular formula is C14H13N3O2. The molecule has 1 fully saturated rings. The number of nitrogens with zero attached hydrogens (tertiary/aromatic N) is 2. The van der Waals surface area contributed by atoms with Crippen molar-refractivity contribution in [3.05, 3.63) is 30.1 Å². The molecule has 19 heavy (non-hydrogen) atoms. The minimum absolute atomic E-state index is 0.178. The molecule has 1 aromatic heterocycles. The number of benzene rings is 1. The predicted molar refractivity (Wildman–Crippen MR) is 70.6 cm³/mol. The molecule has 1 N–H and O–H groups in total. The Labute approximate surface area is 110 Å². The lowest BCUT2D eigenvalue weighted by Crippen LogP contribution is -2.32. The Balaban J connectivity index is 1.77. The maximum Gasteiger partial charge on any atom is 0.237 e. The van der Waals surface area contributed by atoms with Gasteiger partial charge >= 0.3 is 0 Å². The summed E-state index contributed by atoms with van der Waals surface area (Å²) in [5.74, 6) is 2.49. The number of Topliss-reactive ketones (excluding diaryl/α,β-unsaturated/α-hetero) is 1. The van der Waals surface area contributed by atoms with Crippen LogP contribution in [0.3, 0.4) is 0 Å². The van der Waals surface area contributed by atoms with Crippen LogP contribution in [0.25, 0.3) is 11.0 Å². The van der Waals surface area contributed by atoms with Crippen molar-refractivity contribution in [2.45, 2.75) is 0 Å². The highest BCUT2D eigenvalue weighted by Crippen LogP contribution is 2.11. The van der Waals surface area contributed by atoms with Crippen molar-refractivity contribution in [2.75, 3.05) is 26.3 Å². The smallest absolute Gasteiger partial charge is 0.237 e. The number of hydrogen-bond acceptors (Lipinski definition) is 4. The lowest BCUT2D eigenvalue weighted by molar-refractivity contribution is 0.0637. The first kappa shape index (κ1) is 11.8. The molecule has 0 aliphatic carbocycles. The Hall–Kier alpha value is -2.32. The number of aromatic nitrogens is 2. The third-order valence-corrected chi connectivity index (χ3v) is 3.02. The van der Waals surface area contributed by atoms with Gasteiger partial charge in [0.25, 0.3) is 0 Å². The quantitative estimate of drug-likeness (QED) is 0.611. The molecule has 1 aliphatic heterocycles. The Kier molecular flexibility index (Phi) is 3.17. The molecule has 0 amide bonds. The number of rotatable bonds is 1. The van der Waals surface area contributed by atoms with Gasteiger partial charge in [-0.05, 0) is 24.1 Å². The molecular weight excluding hydrogens is 242 g/mol. The molecule has 0 saturated carbocycles. The fraction of sp³-hybridized carbons (Fsp3) is 0.286. The number of carbonyl (C=O) groups excluding carboxylic acids is 1. The van der Waals surface area contributed by atoms with Crippen LogP contribution in [0.15, 0.2) is 24.5 Å². The molecule has 0 atom stereocenters. The van der Waals surface area contributed by atoms with Crippen molar-refractivity contribution in [1.29, 1.82) is 0 Å². The maximum atomic E-state index is 12.0. The highest BCUT2D eigenvalue weighted by atomic mass is 16.5. The number of ether oxygens (including phenoxy) is 1. The minimum atomic E-state index is -0.178. The van der Waals surface area contributed by atoms with E-state index in [1.165, 1.54) is 0 Å². The molecule has 1 aliphatic rings. The number of carbonyl (C=O) groups is 1. The average Bonchev–Trinajstić information content (AvgIpc) is 2.93. The maximum absolute atomic E-state index is 12.0. The van der Waals surface area contributed by atoms with E-state index in [1.807, 2.05) is 11.0 Å². The van der Waals surface area contributed by atoms with Crippen LogP contribution >= 0.6 is 0 Å². The van der Waals surface area contributed by atoms with Crippen LogP contribution in [0.2, 0.25) is 0 Å². The molecule has 0 radical (unpaired) electrons. The van der Waals surface area contributed by atoms with E-state index in [4.69, 9.17) is 4.74 Å². The monoisotopic (exact) mass is 255 g/mol. The second kappa shape index (κ2) is 5.12. The molecule has 0 spiro atoms. The molecule has 1 saturated heterocycles. The molecule has 1 aromatic carbocycles. The molecule has 5 nitrogen and oxygen atoms in total. The van der Waals surface area contributed by atoms with Gasteiger partial charge in [0.1, 0.15) is 0 Å². The van der Waals surface area contributed by atoms with E-state index in [0.29, 0.717) is 18.8 Å². The summed E-state index contributed by atoms with van der Waals surface area (Å²) in [4.78, 5) is 21.0. The number of H-pyrrole nitrogens is 1. The highest BCUT2D eigenvalue weighted by molar-refractivity contribution is 6.10. The zero-order chi connectivity index (χ0) is 13.1. The topological polar surface area (TPSA) is 58.2 Å².